The van der Waals surface area contributed by atoms with Crippen molar-refractivity contribution in [3.8, 4) is 5.75 Å². The van der Waals surface area contributed by atoms with E-state index in [1.807, 2.05) is 6.92 Å². The van der Waals surface area contributed by atoms with Gasteiger partial charge in [0, 0.05) is 19.2 Å². The molecule has 0 radical (unpaired) electrons. The van der Waals surface area contributed by atoms with Crippen molar-refractivity contribution >= 4 is 11.9 Å². The summed E-state index contributed by atoms with van der Waals surface area (Å²) in [4.78, 5) is 13.9. The lowest BCUT2D eigenvalue weighted by Crippen LogP contribution is -2.68. The fourth-order valence-electron chi connectivity index (χ4n) is 3.37. The minimum atomic E-state index is -1.07. The number of hydrogen-bond acceptors (Lipinski definition) is 4. The molecule has 2 atom stereocenters. The van der Waals surface area contributed by atoms with Gasteiger partial charge in [-0.15, -0.1) is 0 Å². The zero-order valence-corrected chi connectivity index (χ0v) is 13.9. The van der Waals surface area contributed by atoms with Crippen molar-refractivity contribution in [3.63, 3.8) is 0 Å². The first-order chi connectivity index (χ1) is 11.5. The Morgan fingerprint density at radius 3 is 3.08 bits per heavy atom. The Morgan fingerprint density at radius 2 is 2.33 bits per heavy atom. The number of guanidine groups is 1. The van der Waals surface area contributed by atoms with Crippen LogP contribution in [0.1, 0.15) is 25.3 Å². The van der Waals surface area contributed by atoms with Gasteiger partial charge in [0.2, 0.25) is 5.91 Å². The van der Waals surface area contributed by atoms with Crippen LogP contribution in [0.2, 0.25) is 0 Å². The van der Waals surface area contributed by atoms with E-state index in [4.69, 9.17) is 14.9 Å². The number of benzene rings is 1. The zero-order valence-electron chi connectivity index (χ0n) is 13.9. The fraction of sp³-hybridized carbons (Fsp3) is 0.529. The molecule has 2 aliphatic rings. The molecule has 24 heavy (non-hydrogen) atoms. The first-order valence-electron chi connectivity index (χ1n) is 8.14. The number of fused-ring (bicyclic) bond motifs is 1. The van der Waals surface area contributed by atoms with Crippen LogP contribution in [0.3, 0.4) is 0 Å². The number of ether oxygens (including phenoxy) is 2. The molecule has 2 fully saturated rings. The molecule has 0 saturated carbocycles. The Bertz CT molecular complexity index is 666. The average Bonchev–Trinajstić information content (AvgIpc) is 2.59. The molecule has 0 bridgehead atoms. The van der Waals surface area contributed by atoms with Gasteiger partial charge in [-0.05, 0) is 31.0 Å². The lowest BCUT2D eigenvalue weighted by Gasteiger charge is -2.49. The second-order valence-corrected chi connectivity index (χ2v) is 6.23. The molecule has 1 aromatic carbocycles. The second kappa shape index (κ2) is 6.39. The largest absolute Gasteiger partial charge is 0.494 e. The van der Waals surface area contributed by atoms with E-state index in [-0.39, 0.29) is 18.5 Å². The highest BCUT2D eigenvalue weighted by Gasteiger charge is 2.53. The number of hydrogen-bond donors (Lipinski definition) is 2. The number of rotatable bonds is 4. The average molecular weight is 335 g/mol. The third-order valence-corrected chi connectivity index (χ3v) is 4.67. The van der Waals surface area contributed by atoms with E-state index in [1.165, 1.54) is 11.0 Å². The Morgan fingerprint density at radius 1 is 1.54 bits per heavy atom. The summed E-state index contributed by atoms with van der Waals surface area (Å²) < 4.78 is 25.8. The SMILES string of the molecule is CCCOc1ccc(F)c(C23COCCC2C(=O)N(C)C(=N)N3)c1. The van der Waals surface area contributed by atoms with Crippen LogP contribution in [0, 0.1) is 17.1 Å². The second-order valence-electron chi connectivity index (χ2n) is 6.23. The van der Waals surface area contributed by atoms with Crippen LogP contribution < -0.4 is 10.1 Å². The highest BCUT2D eigenvalue weighted by atomic mass is 19.1. The monoisotopic (exact) mass is 335 g/mol. The number of carbonyl (C=O) groups is 1. The molecule has 2 heterocycles. The molecule has 1 aromatic rings. The van der Waals surface area contributed by atoms with Crippen molar-refractivity contribution in [1.29, 1.82) is 5.41 Å². The lowest BCUT2D eigenvalue weighted by atomic mass is 9.73. The zero-order chi connectivity index (χ0) is 17.3. The van der Waals surface area contributed by atoms with Gasteiger partial charge in [-0.2, -0.15) is 0 Å². The summed E-state index contributed by atoms with van der Waals surface area (Å²) in [6.45, 7) is 3.10. The molecule has 0 aromatic heterocycles. The Hall–Kier alpha value is -2.15. The minimum absolute atomic E-state index is 0.0546. The van der Waals surface area contributed by atoms with Gasteiger partial charge < -0.3 is 14.8 Å². The highest BCUT2D eigenvalue weighted by Crippen LogP contribution is 2.41. The van der Waals surface area contributed by atoms with Crippen LogP contribution >= 0.6 is 0 Å². The van der Waals surface area contributed by atoms with Crippen molar-refractivity contribution in [2.45, 2.75) is 25.3 Å². The fourth-order valence-corrected chi connectivity index (χ4v) is 3.37. The summed E-state index contributed by atoms with van der Waals surface area (Å²) in [7, 11) is 1.55. The summed E-state index contributed by atoms with van der Waals surface area (Å²) in [5.41, 5.74) is -0.763. The first kappa shape index (κ1) is 16.7. The van der Waals surface area contributed by atoms with Crippen LogP contribution in [-0.4, -0.2) is 43.6 Å². The van der Waals surface area contributed by atoms with Crippen LogP contribution in [0.5, 0.6) is 5.75 Å². The van der Waals surface area contributed by atoms with Crippen LogP contribution in [0.15, 0.2) is 18.2 Å². The van der Waals surface area contributed by atoms with E-state index < -0.39 is 17.3 Å². The summed E-state index contributed by atoms with van der Waals surface area (Å²) in [5, 5.41) is 11.1. The molecule has 0 spiro atoms. The van der Waals surface area contributed by atoms with E-state index in [9.17, 15) is 9.18 Å². The molecular weight excluding hydrogens is 313 g/mol. The van der Waals surface area contributed by atoms with Gasteiger partial charge >= 0.3 is 0 Å². The van der Waals surface area contributed by atoms with Crippen LogP contribution in [0.25, 0.3) is 0 Å². The standard InChI is InChI=1S/C17H22FN3O3/c1-3-7-24-11-4-5-14(18)13(9-11)17-10-23-8-6-12(17)15(22)21(2)16(19)20-17/h4-5,9,12H,3,6-8,10H2,1-2H3,(H2,19,20). The van der Waals surface area contributed by atoms with Gasteiger partial charge in [0.05, 0.1) is 19.1 Å². The van der Waals surface area contributed by atoms with Crippen molar-refractivity contribution in [3.05, 3.63) is 29.6 Å². The molecule has 2 N–H and O–H groups in total. The minimum Gasteiger partial charge on any atom is -0.494 e. The molecule has 1 amide bonds. The number of nitrogens with zero attached hydrogens (tertiary/aromatic N) is 1. The van der Waals surface area contributed by atoms with Crippen molar-refractivity contribution in [2.24, 2.45) is 5.92 Å². The van der Waals surface area contributed by atoms with Crippen molar-refractivity contribution in [2.75, 3.05) is 26.9 Å². The Labute approximate surface area is 140 Å². The smallest absolute Gasteiger partial charge is 0.235 e. The molecule has 2 unspecified atom stereocenters. The number of amides is 1. The maximum atomic E-state index is 14.6. The molecule has 2 saturated heterocycles. The summed E-state index contributed by atoms with van der Waals surface area (Å²) in [5.74, 6) is -0.623. The van der Waals surface area contributed by atoms with Gasteiger partial charge in [-0.1, -0.05) is 6.92 Å². The van der Waals surface area contributed by atoms with Gasteiger partial charge in [-0.25, -0.2) is 4.39 Å². The predicted molar refractivity (Wildman–Crippen MR) is 86.4 cm³/mol. The predicted octanol–water partition coefficient (Wildman–Crippen LogP) is 1.84. The van der Waals surface area contributed by atoms with E-state index in [2.05, 4.69) is 5.32 Å². The normalized spacial score (nSPS) is 26.8. The Kier molecular flexibility index (Phi) is 4.45. The highest BCUT2D eigenvalue weighted by molar-refractivity contribution is 6.00. The maximum absolute atomic E-state index is 14.6. The van der Waals surface area contributed by atoms with E-state index in [1.54, 1.807) is 19.2 Å². The molecular formula is C17H22FN3O3. The van der Waals surface area contributed by atoms with Crippen LogP contribution in [-0.2, 0) is 15.1 Å². The van der Waals surface area contributed by atoms with Crippen LogP contribution in [0.4, 0.5) is 4.39 Å². The van der Waals surface area contributed by atoms with Crippen molar-refractivity contribution < 1.29 is 18.7 Å². The molecule has 3 rings (SSSR count). The van der Waals surface area contributed by atoms with Crippen molar-refractivity contribution in [1.82, 2.24) is 10.2 Å². The molecule has 6 nitrogen and oxygen atoms in total. The van der Waals surface area contributed by atoms with Gasteiger partial charge in [-0.3, -0.25) is 15.1 Å². The lowest BCUT2D eigenvalue weighted by molar-refractivity contribution is -0.143. The topological polar surface area (TPSA) is 74.7 Å². The summed E-state index contributed by atoms with van der Waals surface area (Å²) in [6, 6.07) is 4.53. The number of nitrogens with one attached hydrogen (secondary N) is 2. The Balaban J connectivity index is 2.06. The third-order valence-electron chi connectivity index (χ3n) is 4.67. The molecule has 7 heteroatoms. The summed E-state index contributed by atoms with van der Waals surface area (Å²) in [6.07, 6.45) is 1.32. The van der Waals surface area contributed by atoms with E-state index >= 15 is 0 Å². The summed E-state index contributed by atoms with van der Waals surface area (Å²) >= 11 is 0. The van der Waals surface area contributed by atoms with Gasteiger partial charge in [0.15, 0.2) is 5.96 Å². The molecule has 130 valence electrons. The quantitative estimate of drug-likeness (QED) is 0.880. The number of halogens is 1. The number of carbonyl (C=O) groups excluding carboxylic acids is 1. The van der Waals surface area contributed by atoms with E-state index in [0.717, 1.165) is 6.42 Å². The first-order valence-corrected chi connectivity index (χ1v) is 8.14. The van der Waals surface area contributed by atoms with Gasteiger partial charge in [0.25, 0.3) is 0 Å². The molecule has 2 aliphatic heterocycles. The van der Waals surface area contributed by atoms with Gasteiger partial charge in [0.1, 0.15) is 17.1 Å². The van der Waals surface area contributed by atoms with E-state index in [0.29, 0.717) is 30.9 Å². The molecule has 0 aliphatic carbocycles. The maximum Gasteiger partial charge on any atom is 0.235 e. The third kappa shape index (κ3) is 2.62.